The van der Waals surface area contributed by atoms with Crippen molar-refractivity contribution < 1.29 is 14.4 Å². The summed E-state index contributed by atoms with van der Waals surface area (Å²) in [5.41, 5.74) is 0.833. The van der Waals surface area contributed by atoms with E-state index >= 15 is 0 Å². The van der Waals surface area contributed by atoms with Gasteiger partial charge < -0.3 is 5.32 Å². The topological polar surface area (TPSA) is 66.5 Å². The number of anilines is 1. The van der Waals surface area contributed by atoms with Crippen molar-refractivity contribution in [3.63, 3.8) is 0 Å². The molecule has 116 valence electrons. The molecule has 0 saturated heterocycles. The van der Waals surface area contributed by atoms with Gasteiger partial charge in [-0.05, 0) is 24.3 Å². The third-order valence-corrected chi connectivity index (χ3v) is 4.04. The fourth-order valence-electron chi connectivity index (χ4n) is 2.32. The summed E-state index contributed by atoms with van der Waals surface area (Å²) in [5, 5.41) is 3.07. The number of para-hydroxylation sites is 1. The Kier molecular flexibility index (Phi) is 4.07. The number of carbonyl (C=O) groups is 3. The summed E-state index contributed by atoms with van der Waals surface area (Å²) in [7, 11) is 0. The monoisotopic (exact) mass is 348 g/mol. The first-order valence-electron chi connectivity index (χ1n) is 6.68. The normalized spacial score (nSPS) is 13.2. The first-order chi connectivity index (χ1) is 11.0. The Balaban J connectivity index is 1.77. The third-order valence-electron chi connectivity index (χ3n) is 3.41. The molecule has 0 aromatic heterocycles. The van der Waals surface area contributed by atoms with Gasteiger partial charge in [-0.1, -0.05) is 41.4 Å². The quantitative estimate of drug-likeness (QED) is 0.866. The smallest absolute Gasteiger partial charge is 0.262 e. The Labute approximate surface area is 141 Å². The van der Waals surface area contributed by atoms with Crippen molar-refractivity contribution in [3.8, 4) is 0 Å². The Morgan fingerprint density at radius 1 is 0.913 bits per heavy atom. The summed E-state index contributed by atoms with van der Waals surface area (Å²) in [5.74, 6) is -1.55. The molecule has 0 aliphatic carbocycles. The van der Waals surface area contributed by atoms with Crippen LogP contribution in [-0.4, -0.2) is 29.2 Å². The Bertz CT molecular complexity index is 781. The van der Waals surface area contributed by atoms with E-state index in [1.807, 2.05) is 0 Å². The zero-order valence-electron chi connectivity index (χ0n) is 11.7. The number of benzene rings is 2. The van der Waals surface area contributed by atoms with Crippen molar-refractivity contribution in [2.75, 3.05) is 11.9 Å². The number of amides is 3. The molecule has 0 radical (unpaired) electrons. The largest absolute Gasteiger partial charge is 0.322 e. The average Bonchev–Trinajstić information content (AvgIpc) is 2.77. The van der Waals surface area contributed by atoms with E-state index in [1.165, 1.54) is 0 Å². The number of nitrogens with zero attached hydrogens (tertiary/aromatic N) is 1. The molecule has 1 aliphatic heterocycles. The lowest BCUT2D eigenvalue weighted by molar-refractivity contribution is -0.116. The first-order valence-corrected chi connectivity index (χ1v) is 7.43. The maximum absolute atomic E-state index is 12.2. The van der Waals surface area contributed by atoms with Crippen LogP contribution in [0.3, 0.4) is 0 Å². The molecule has 2 aromatic rings. The molecule has 3 rings (SSSR count). The van der Waals surface area contributed by atoms with E-state index in [4.69, 9.17) is 23.2 Å². The maximum Gasteiger partial charge on any atom is 0.262 e. The number of imide groups is 1. The van der Waals surface area contributed by atoms with Crippen molar-refractivity contribution in [3.05, 3.63) is 63.6 Å². The van der Waals surface area contributed by atoms with E-state index in [-0.39, 0.29) is 15.7 Å². The van der Waals surface area contributed by atoms with Crippen LogP contribution in [0.1, 0.15) is 20.7 Å². The third kappa shape index (κ3) is 2.81. The van der Waals surface area contributed by atoms with Gasteiger partial charge in [-0.15, -0.1) is 0 Å². The fraction of sp³-hybridized carbons (Fsp3) is 0.0625. The second-order valence-electron chi connectivity index (χ2n) is 4.89. The molecule has 0 spiro atoms. The van der Waals surface area contributed by atoms with Crippen LogP contribution in [0.25, 0.3) is 0 Å². The molecule has 1 heterocycles. The average molecular weight is 349 g/mol. The van der Waals surface area contributed by atoms with Crippen LogP contribution < -0.4 is 5.32 Å². The SMILES string of the molecule is O=C(CN1C(=O)c2ccccc2C1=O)Nc1c(Cl)cccc1Cl. The maximum atomic E-state index is 12.2. The fourth-order valence-corrected chi connectivity index (χ4v) is 2.81. The van der Waals surface area contributed by atoms with Crippen LogP contribution in [0.2, 0.25) is 10.0 Å². The van der Waals surface area contributed by atoms with Crippen molar-refractivity contribution in [1.82, 2.24) is 4.90 Å². The summed E-state index contributed by atoms with van der Waals surface area (Å²) >= 11 is 11.9. The van der Waals surface area contributed by atoms with Gasteiger partial charge in [0.15, 0.2) is 0 Å². The van der Waals surface area contributed by atoms with E-state index in [0.717, 1.165) is 4.90 Å². The number of rotatable bonds is 3. The number of carbonyl (C=O) groups excluding carboxylic acids is 3. The first kappa shape index (κ1) is 15.5. The summed E-state index contributed by atoms with van der Waals surface area (Å²) in [6.45, 7) is -0.409. The molecule has 0 unspecified atom stereocenters. The molecule has 5 nitrogen and oxygen atoms in total. The van der Waals surface area contributed by atoms with Gasteiger partial charge in [-0.3, -0.25) is 19.3 Å². The van der Waals surface area contributed by atoms with Crippen molar-refractivity contribution >= 4 is 46.6 Å². The molecule has 0 atom stereocenters. The van der Waals surface area contributed by atoms with Crippen LogP contribution in [0, 0.1) is 0 Å². The second kappa shape index (κ2) is 6.02. The predicted molar refractivity (Wildman–Crippen MR) is 86.9 cm³/mol. The molecule has 0 bridgehead atoms. The number of nitrogens with one attached hydrogen (secondary N) is 1. The highest BCUT2D eigenvalue weighted by Crippen LogP contribution is 2.30. The van der Waals surface area contributed by atoms with Crippen LogP contribution >= 0.6 is 23.2 Å². The van der Waals surface area contributed by atoms with Gasteiger partial charge in [0, 0.05) is 0 Å². The molecule has 7 heteroatoms. The van der Waals surface area contributed by atoms with Crippen LogP contribution in [0.4, 0.5) is 5.69 Å². The molecule has 23 heavy (non-hydrogen) atoms. The number of halogens is 2. The minimum atomic E-state index is -0.561. The second-order valence-corrected chi connectivity index (χ2v) is 5.70. The van der Waals surface area contributed by atoms with Gasteiger partial charge >= 0.3 is 0 Å². The highest BCUT2D eigenvalue weighted by molar-refractivity contribution is 6.39. The molecule has 0 saturated carbocycles. The summed E-state index contributed by atoms with van der Waals surface area (Å²) < 4.78 is 0. The van der Waals surface area contributed by atoms with Crippen LogP contribution in [-0.2, 0) is 4.79 Å². The molecule has 0 fully saturated rings. The van der Waals surface area contributed by atoms with Crippen molar-refractivity contribution in [1.29, 1.82) is 0 Å². The van der Waals surface area contributed by atoms with Gasteiger partial charge in [0.05, 0.1) is 26.9 Å². The molecule has 1 aliphatic rings. The van der Waals surface area contributed by atoms with E-state index in [0.29, 0.717) is 11.1 Å². The van der Waals surface area contributed by atoms with Gasteiger partial charge in [-0.2, -0.15) is 0 Å². The highest BCUT2D eigenvalue weighted by Gasteiger charge is 2.36. The van der Waals surface area contributed by atoms with E-state index in [9.17, 15) is 14.4 Å². The summed E-state index contributed by atoms with van der Waals surface area (Å²) in [6, 6.07) is 11.2. The van der Waals surface area contributed by atoms with E-state index in [2.05, 4.69) is 5.32 Å². The van der Waals surface area contributed by atoms with Gasteiger partial charge in [0.25, 0.3) is 11.8 Å². The summed E-state index contributed by atoms with van der Waals surface area (Å²) in [6.07, 6.45) is 0. The number of fused-ring (bicyclic) bond motifs is 1. The van der Waals surface area contributed by atoms with Gasteiger partial charge in [-0.25, -0.2) is 0 Å². The van der Waals surface area contributed by atoms with Crippen LogP contribution in [0.15, 0.2) is 42.5 Å². The minimum absolute atomic E-state index is 0.248. The molecular formula is C16H10Cl2N2O3. The molecule has 3 amide bonds. The van der Waals surface area contributed by atoms with Crippen LogP contribution in [0.5, 0.6) is 0 Å². The highest BCUT2D eigenvalue weighted by atomic mass is 35.5. The Morgan fingerprint density at radius 3 is 1.96 bits per heavy atom. The molecule has 2 aromatic carbocycles. The van der Waals surface area contributed by atoms with E-state index < -0.39 is 24.3 Å². The molecule has 1 N–H and O–H groups in total. The molecular weight excluding hydrogens is 339 g/mol. The van der Waals surface area contributed by atoms with Gasteiger partial charge in [0.2, 0.25) is 5.91 Å². The zero-order valence-corrected chi connectivity index (χ0v) is 13.2. The lowest BCUT2D eigenvalue weighted by Gasteiger charge is -2.14. The lowest BCUT2D eigenvalue weighted by Crippen LogP contribution is -2.37. The zero-order chi connectivity index (χ0) is 16.6. The van der Waals surface area contributed by atoms with E-state index in [1.54, 1.807) is 42.5 Å². The lowest BCUT2D eigenvalue weighted by atomic mass is 10.1. The minimum Gasteiger partial charge on any atom is -0.322 e. The Morgan fingerprint density at radius 2 is 1.43 bits per heavy atom. The number of hydrogen-bond acceptors (Lipinski definition) is 3. The predicted octanol–water partition coefficient (Wildman–Crippen LogP) is 3.23. The van der Waals surface area contributed by atoms with Crippen molar-refractivity contribution in [2.24, 2.45) is 0 Å². The number of hydrogen-bond donors (Lipinski definition) is 1. The standard InChI is InChI=1S/C16H10Cl2N2O3/c17-11-6-3-7-12(18)14(11)19-13(21)8-20-15(22)9-4-1-2-5-10(9)16(20)23/h1-7H,8H2,(H,19,21). The van der Waals surface area contributed by atoms with Crippen molar-refractivity contribution in [2.45, 2.75) is 0 Å². The van der Waals surface area contributed by atoms with Gasteiger partial charge in [0.1, 0.15) is 6.54 Å². The summed E-state index contributed by atoms with van der Waals surface area (Å²) in [4.78, 5) is 37.4. The Hall–Kier alpha value is -2.37.